The molecule has 0 aromatic carbocycles. The van der Waals surface area contributed by atoms with Gasteiger partial charge in [-0.05, 0) is 26.2 Å². The van der Waals surface area contributed by atoms with Crippen molar-refractivity contribution < 1.29 is 19.1 Å². The van der Waals surface area contributed by atoms with E-state index < -0.39 is 5.97 Å². The molecule has 0 rings (SSSR count). The van der Waals surface area contributed by atoms with Crippen LogP contribution in [-0.2, 0) is 19.1 Å². The van der Waals surface area contributed by atoms with Crippen molar-refractivity contribution in [1.82, 2.24) is 0 Å². The average molecular weight is 293 g/mol. The monoisotopic (exact) mass is 292 g/mol. The van der Waals surface area contributed by atoms with Gasteiger partial charge in [0.1, 0.15) is 4.83 Å². The highest BCUT2D eigenvalue weighted by Gasteiger charge is 2.08. The van der Waals surface area contributed by atoms with Gasteiger partial charge in [-0.3, -0.25) is 4.79 Å². The van der Waals surface area contributed by atoms with Gasteiger partial charge in [0.05, 0.1) is 13.2 Å². The molecule has 0 aliphatic rings. The molecule has 0 fully saturated rings. The number of carbonyl (C=O) groups is 2. The van der Waals surface area contributed by atoms with Gasteiger partial charge in [-0.1, -0.05) is 22.5 Å². The molecule has 0 aromatic heterocycles. The lowest BCUT2D eigenvalue weighted by Gasteiger charge is -2.06. The lowest BCUT2D eigenvalue weighted by atomic mass is 10.2. The number of hydrogen-bond acceptors (Lipinski definition) is 4. The summed E-state index contributed by atoms with van der Waals surface area (Å²) in [4.78, 5) is 21.4. The van der Waals surface area contributed by atoms with E-state index in [1.165, 1.54) is 0 Å². The van der Waals surface area contributed by atoms with E-state index in [4.69, 9.17) is 9.47 Å². The highest BCUT2D eigenvalue weighted by Crippen LogP contribution is 2.02. The molecular weight excluding hydrogens is 276 g/mol. The average Bonchev–Trinajstić information content (AvgIpc) is 2.26. The third kappa shape index (κ3) is 8.47. The van der Waals surface area contributed by atoms with Crippen LogP contribution in [0.1, 0.15) is 26.2 Å². The molecular formula is C11H17BrO4. The van der Waals surface area contributed by atoms with Crippen LogP contribution in [-0.4, -0.2) is 30.0 Å². The van der Waals surface area contributed by atoms with Gasteiger partial charge >= 0.3 is 11.9 Å². The molecule has 0 aromatic rings. The summed E-state index contributed by atoms with van der Waals surface area (Å²) in [6.45, 7) is 5.80. The SMILES string of the molecule is C=CC(=O)OCCCCCOC(=O)C(C)Br. The van der Waals surface area contributed by atoms with Crippen LogP contribution in [0.4, 0.5) is 0 Å². The summed E-state index contributed by atoms with van der Waals surface area (Å²) in [5, 5.41) is 0. The third-order valence-corrected chi connectivity index (χ3v) is 2.14. The fourth-order valence-corrected chi connectivity index (χ4v) is 1.03. The standard InChI is InChI=1S/C11H17BrO4/c1-3-10(13)15-7-5-4-6-8-16-11(14)9(2)12/h3,9H,1,4-8H2,2H3. The Bertz CT molecular complexity index is 238. The van der Waals surface area contributed by atoms with Crippen LogP contribution < -0.4 is 0 Å². The Kier molecular flexibility index (Phi) is 8.90. The maximum atomic E-state index is 11.0. The zero-order chi connectivity index (χ0) is 12.4. The van der Waals surface area contributed by atoms with E-state index in [2.05, 4.69) is 22.5 Å². The maximum absolute atomic E-state index is 11.0. The molecule has 0 radical (unpaired) electrons. The van der Waals surface area contributed by atoms with Gasteiger partial charge in [0.2, 0.25) is 0 Å². The first-order chi connectivity index (χ1) is 7.57. The summed E-state index contributed by atoms with van der Waals surface area (Å²) < 4.78 is 9.73. The second-order valence-electron chi connectivity index (χ2n) is 3.22. The first-order valence-corrected chi connectivity index (χ1v) is 6.09. The molecule has 5 heteroatoms. The molecule has 0 spiro atoms. The topological polar surface area (TPSA) is 52.6 Å². The normalized spacial score (nSPS) is 11.6. The minimum absolute atomic E-state index is 0.252. The van der Waals surface area contributed by atoms with Crippen LogP contribution in [0.25, 0.3) is 0 Å². The Hall–Kier alpha value is -0.840. The van der Waals surface area contributed by atoms with Gasteiger partial charge in [0.15, 0.2) is 0 Å². The number of ether oxygens (including phenoxy) is 2. The van der Waals surface area contributed by atoms with Crippen molar-refractivity contribution in [3.05, 3.63) is 12.7 Å². The summed E-state index contributed by atoms with van der Waals surface area (Å²) >= 11 is 3.12. The van der Waals surface area contributed by atoms with E-state index in [-0.39, 0.29) is 10.8 Å². The number of carbonyl (C=O) groups excluding carboxylic acids is 2. The summed E-state index contributed by atoms with van der Waals surface area (Å²) in [5.74, 6) is -0.655. The highest BCUT2D eigenvalue weighted by atomic mass is 79.9. The third-order valence-electron chi connectivity index (χ3n) is 1.77. The Labute approximate surface area is 104 Å². The van der Waals surface area contributed by atoms with Crippen molar-refractivity contribution >= 4 is 27.9 Å². The van der Waals surface area contributed by atoms with Crippen LogP contribution in [0.5, 0.6) is 0 Å². The summed E-state index contributed by atoms with van der Waals surface area (Å²) in [5.41, 5.74) is 0. The van der Waals surface area contributed by atoms with Crippen LogP contribution in [0.2, 0.25) is 0 Å². The van der Waals surface area contributed by atoms with Gasteiger partial charge < -0.3 is 9.47 Å². The first kappa shape index (κ1) is 15.2. The number of alkyl halides is 1. The van der Waals surface area contributed by atoms with E-state index in [0.29, 0.717) is 13.2 Å². The Morgan fingerprint density at radius 3 is 2.31 bits per heavy atom. The Morgan fingerprint density at radius 1 is 1.25 bits per heavy atom. The number of hydrogen-bond donors (Lipinski definition) is 0. The zero-order valence-electron chi connectivity index (χ0n) is 9.41. The van der Waals surface area contributed by atoms with Crippen LogP contribution >= 0.6 is 15.9 Å². The molecule has 0 aliphatic heterocycles. The van der Waals surface area contributed by atoms with Gasteiger partial charge in [0.25, 0.3) is 0 Å². The number of halogens is 1. The van der Waals surface area contributed by atoms with Gasteiger partial charge in [0, 0.05) is 6.08 Å². The van der Waals surface area contributed by atoms with E-state index in [0.717, 1.165) is 25.3 Å². The smallest absolute Gasteiger partial charge is 0.330 e. The predicted octanol–water partition coefficient (Wildman–Crippen LogP) is 2.21. The molecule has 0 N–H and O–H groups in total. The summed E-state index contributed by atoms with van der Waals surface area (Å²) in [6.07, 6.45) is 3.53. The Morgan fingerprint density at radius 2 is 1.81 bits per heavy atom. The first-order valence-electron chi connectivity index (χ1n) is 5.18. The molecule has 16 heavy (non-hydrogen) atoms. The number of esters is 2. The van der Waals surface area contributed by atoms with Crippen molar-refractivity contribution in [1.29, 1.82) is 0 Å². The van der Waals surface area contributed by atoms with E-state index >= 15 is 0 Å². The summed E-state index contributed by atoms with van der Waals surface area (Å²) in [6, 6.07) is 0. The van der Waals surface area contributed by atoms with Crippen LogP contribution in [0.15, 0.2) is 12.7 Å². The zero-order valence-corrected chi connectivity index (χ0v) is 11.0. The molecule has 1 unspecified atom stereocenters. The van der Waals surface area contributed by atoms with Crippen LogP contribution in [0, 0.1) is 0 Å². The maximum Gasteiger partial charge on any atom is 0.330 e. The van der Waals surface area contributed by atoms with E-state index in [1.807, 2.05) is 0 Å². The molecule has 92 valence electrons. The molecule has 1 atom stereocenters. The molecule has 0 bridgehead atoms. The number of rotatable bonds is 8. The van der Waals surface area contributed by atoms with Gasteiger partial charge in [-0.2, -0.15) is 0 Å². The second-order valence-corrected chi connectivity index (χ2v) is 4.59. The van der Waals surface area contributed by atoms with E-state index in [9.17, 15) is 9.59 Å². The van der Waals surface area contributed by atoms with Crippen molar-refractivity contribution in [2.45, 2.75) is 31.0 Å². The van der Waals surface area contributed by atoms with Crippen molar-refractivity contribution in [2.75, 3.05) is 13.2 Å². The highest BCUT2D eigenvalue weighted by molar-refractivity contribution is 9.10. The minimum Gasteiger partial charge on any atom is -0.465 e. The van der Waals surface area contributed by atoms with Gasteiger partial charge in [-0.15, -0.1) is 0 Å². The van der Waals surface area contributed by atoms with E-state index in [1.54, 1.807) is 6.92 Å². The summed E-state index contributed by atoms with van der Waals surface area (Å²) in [7, 11) is 0. The molecule has 0 heterocycles. The molecule has 0 saturated heterocycles. The number of unbranched alkanes of at least 4 members (excludes halogenated alkanes) is 2. The molecule has 0 saturated carbocycles. The molecule has 0 amide bonds. The predicted molar refractivity (Wildman–Crippen MR) is 64.4 cm³/mol. The Balaban J connectivity index is 3.25. The molecule has 4 nitrogen and oxygen atoms in total. The second kappa shape index (κ2) is 9.39. The van der Waals surface area contributed by atoms with Crippen molar-refractivity contribution in [3.8, 4) is 0 Å². The largest absolute Gasteiger partial charge is 0.465 e. The fourth-order valence-electron chi connectivity index (χ4n) is 0.900. The fraction of sp³-hybridized carbons (Fsp3) is 0.636. The van der Waals surface area contributed by atoms with Crippen molar-refractivity contribution in [2.24, 2.45) is 0 Å². The van der Waals surface area contributed by atoms with Crippen molar-refractivity contribution in [3.63, 3.8) is 0 Å². The lowest BCUT2D eigenvalue weighted by Crippen LogP contribution is -2.14. The minimum atomic E-state index is -0.403. The van der Waals surface area contributed by atoms with Crippen LogP contribution in [0.3, 0.4) is 0 Å². The lowest BCUT2D eigenvalue weighted by molar-refractivity contribution is -0.142. The molecule has 0 aliphatic carbocycles. The quantitative estimate of drug-likeness (QED) is 0.298. The van der Waals surface area contributed by atoms with Gasteiger partial charge in [-0.25, -0.2) is 4.79 Å².